The Morgan fingerprint density at radius 2 is 1.79 bits per heavy atom. The Bertz CT molecular complexity index is 842. The number of halogens is 1. The molecule has 0 aliphatic carbocycles. The molecule has 0 heterocycles. The molecule has 3 N–H and O–H groups in total. The van der Waals surface area contributed by atoms with Gasteiger partial charge in [-0.3, -0.25) is 9.59 Å². The molecular formula is C21H27ClN3O4+. The minimum atomic E-state index is -0.403. The largest absolute Gasteiger partial charge is 0.497 e. The molecule has 2 atom stereocenters. The van der Waals surface area contributed by atoms with E-state index in [1.165, 1.54) is 7.11 Å². The lowest BCUT2D eigenvalue weighted by Gasteiger charge is -2.21. The summed E-state index contributed by atoms with van der Waals surface area (Å²) in [6, 6.07) is 12.1. The normalized spacial score (nSPS) is 12.6. The van der Waals surface area contributed by atoms with Gasteiger partial charge in [0.1, 0.15) is 11.5 Å². The van der Waals surface area contributed by atoms with E-state index in [2.05, 4.69) is 10.6 Å². The second kappa shape index (κ2) is 10.7. The highest BCUT2D eigenvalue weighted by Gasteiger charge is 2.24. The molecule has 0 aromatic heterocycles. The molecule has 2 amide bonds. The van der Waals surface area contributed by atoms with Crippen LogP contribution < -0.4 is 25.0 Å². The minimum Gasteiger partial charge on any atom is -0.497 e. The van der Waals surface area contributed by atoms with Gasteiger partial charge in [0.05, 0.1) is 27.0 Å². The van der Waals surface area contributed by atoms with Crippen LogP contribution in [-0.4, -0.2) is 45.7 Å². The van der Waals surface area contributed by atoms with Crippen molar-refractivity contribution < 1.29 is 24.0 Å². The number of hydrogen-bond donors (Lipinski definition) is 3. The van der Waals surface area contributed by atoms with Crippen molar-refractivity contribution in [1.29, 1.82) is 0 Å². The Labute approximate surface area is 175 Å². The third-order valence-electron chi connectivity index (χ3n) is 4.63. The molecule has 2 aromatic rings. The van der Waals surface area contributed by atoms with E-state index in [1.807, 2.05) is 24.3 Å². The Hall–Kier alpha value is -2.77. The number of methoxy groups -OCH3 is 2. The standard InChI is InChI=1S/C21H26ClN3O4/c1-14(21(27)23-12-15-5-8-17(28-3)9-6-15)25(2)13-20(26)24-18-11-16(22)7-10-19(18)29-4/h5-11,14H,12-13H2,1-4H3,(H,23,27)(H,24,26)/p+1/t14-/m1/s1. The first-order valence-corrected chi connectivity index (χ1v) is 9.58. The number of quaternary nitrogens is 1. The second-order valence-electron chi connectivity index (χ2n) is 6.70. The molecule has 29 heavy (non-hydrogen) atoms. The molecule has 0 radical (unpaired) electrons. The van der Waals surface area contributed by atoms with Gasteiger partial charge >= 0.3 is 0 Å². The molecule has 8 heteroatoms. The van der Waals surface area contributed by atoms with E-state index < -0.39 is 6.04 Å². The zero-order chi connectivity index (χ0) is 21.4. The molecule has 0 aliphatic rings. The van der Waals surface area contributed by atoms with Crippen molar-refractivity contribution in [2.45, 2.75) is 19.5 Å². The molecule has 0 saturated heterocycles. The van der Waals surface area contributed by atoms with Gasteiger partial charge in [0.25, 0.3) is 11.8 Å². The van der Waals surface area contributed by atoms with Crippen LogP contribution in [-0.2, 0) is 16.1 Å². The summed E-state index contributed by atoms with van der Waals surface area (Å²) in [6.07, 6.45) is 0. The monoisotopic (exact) mass is 420 g/mol. The predicted molar refractivity (Wildman–Crippen MR) is 113 cm³/mol. The number of carbonyl (C=O) groups is 2. The molecule has 2 rings (SSSR count). The summed E-state index contributed by atoms with van der Waals surface area (Å²) in [4.78, 5) is 25.6. The fourth-order valence-electron chi connectivity index (χ4n) is 2.69. The van der Waals surface area contributed by atoms with Crippen molar-refractivity contribution in [3.8, 4) is 11.5 Å². The molecule has 0 fully saturated rings. The van der Waals surface area contributed by atoms with Crippen molar-refractivity contribution in [1.82, 2.24) is 5.32 Å². The van der Waals surface area contributed by atoms with Gasteiger partial charge < -0.3 is 25.0 Å². The summed E-state index contributed by atoms with van der Waals surface area (Å²) >= 11 is 5.99. The van der Waals surface area contributed by atoms with Crippen molar-refractivity contribution in [2.75, 3.05) is 33.1 Å². The summed E-state index contributed by atoms with van der Waals surface area (Å²) in [5.74, 6) is 0.912. The van der Waals surface area contributed by atoms with E-state index >= 15 is 0 Å². The first-order chi connectivity index (χ1) is 13.8. The van der Waals surface area contributed by atoms with Crippen LogP contribution in [0.15, 0.2) is 42.5 Å². The van der Waals surface area contributed by atoms with E-state index in [0.717, 1.165) is 16.2 Å². The number of rotatable bonds is 9. The summed E-state index contributed by atoms with van der Waals surface area (Å²) < 4.78 is 10.3. The van der Waals surface area contributed by atoms with E-state index in [9.17, 15) is 9.59 Å². The van der Waals surface area contributed by atoms with E-state index in [1.54, 1.807) is 39.3 Å². The Kier molecular flexibility index (Phi) is 8.30. The summed E-state index contributed by atoms with van der Waals surface area (Å²) in [5, 5.41) is 6.17. The summed E-state index contributed by atoms with van der Waals surface area (Å²) in [5.41, 5.74) is 1.46. The maximum Gasteiger partial charge on any atom is 0.279 e. The van der Waals surface area contributed by atoms with Crippen LogP contribution in [0.1, 0.15) is 12.5 Å². The van der Waals surface area contributed by atoms with Gasteiger partial charge in [0, 0.05) is 11.6 Å². The van der Waals surface area contributed by atoms with Gasteiger partial charge in [-0.05, 0) is 42.8 Å². The quantitative estimate of drug-likeness (QED) is 0.574. The van der Waals surface area contributed by atoms with E-state index in [-0.39, 0.29) is 18.4 Å². The lowest BCUT2D eigenvalue weighted by molar-refractivity contribution is -0.885. The van der Waals surface area contributed by atoms with Gasteiger partial charge in [0.15, 0.2) is 12.6 Å². The molecular weight excluding hydrogens is 394 g/mol. The molecule has 0 saturated carbocycles. The van der Waals surface area contributed by atoms with Crippen molar-refractivity contribution in [2.24, 2.45) is 0 Å². The second-order valence-corrected chi connectivity index (χ2v) is 7.14. The number of ether oxygens (including phenoxy) is 2. The molecule has 7 nitrogen and oxygen atoms in total. The van der Waals surface area contributed by atoms with Gasteiger partial charge in [-0.25, -0.2) is 0 Å². The van der Waals surface area contributed by atoms with Crippen LogP contribution in [0.4, 0.5) is 5.69 Å². The van der Waals surface area contributed by atoms with Crippen LogP contribution in [0.5, 0.6) is 11.5 Å². The average molecular weight is 421 g/mol. The Morgan fingerprint density at radius 1 is 1.10 bits per heavy atom. The van der Waals surface area contributed by atoms with Gasteiger partial charge in [-0.1, -0.05) is 23.7 Å². The molecule has 0 bridgehead atoms. The first kappa shape index (κ1) is 22.5. The molecule has 2 aromatic carbocycles. The summed E-state index contributed by atoms with van der Waals surface area (Å²) in [7, 11) is 4.92. The van der Waals surface area contributed by atoms with Gasteiger partial charge in [0.2, 0.25) is 0 Å². The predicted octanol–water partition coefficient (Wildman–Crippen LogP) is 1.52. The van der Waals surface area contributed by atoms with Crippen molar-refractivity contribution in [3.63, 3.8) is 0 Å². The van der Waals surface area contributed by atoms with Gasteiger partial charge in [-0.15, -0.1) is 0 Å². The SMILES string of the molecule is COc1ccc(CNC(=O)[C@@H](C)[NH+](C)CC(=O)Nc2cc(Cl)ccc2OC)cc1. The molecule has 156 valence electrons. The van der Waals surface area contributed by atoms with Crippen molar-refractivity contribution in [3.05, 3.63) is 53.1 Å². The van der Waals surface area contributed by atoms with Crippen LogP contribution in [0.25, 0.3) is 0 Å². The Balaban J connectivity index is 1.86. The van der Waals surface area contributed by atoms with Crippen LogP contribution in [0, 0.1) is 0 Å². The highest BCUT2D eigenvalue weighted by atomic mass is 35.5. The third-order valence-corrected chi connectivity index (χ3v) is 4.87. The van der Waals surface area contributed by atoms with E-state index in [0.29, 0.717) is 23.0 Å². The third kappa shape index (κ3) is 6.66. The number of anilines is 1. The topological polar surface area (TPSA) is 81.1 Å². The van der Waals surface area contributed by atoms with Crippen molar-refractivity contribution >= 4 is 29.1 Å². The zero-order valence-electron chi connectivity index (χ0n) is 17.0. The number of amides is 2. The lowest BCUT2D eigenvalue weighted by Crippen LogP contribution is -3.15. The maximum absolute atomic E-state index is 12.4. The van der Waals surface area contributed by atoms with Crippen LogP contribution in [0.3, 0.4) is 0 Å². The zero-order valence-corrected chi connectivity index (χ0v) is 17.8. The highest BCUT2D eigenvalue weighted by molar-refractivity contribution is 6.31. The molecule has 0 spiro atoms. The molecule has 0 aliphatic heterocycles. The number of benzene rings is 2. The summed E-state index contributed by atoms with van der Waals surface area (Å²) in [6.45, 7) is 2.31. The average Bonchev–Trinajstić information content (AvgIpc) is 2.71. The number of likely N-dealkylation sites (N-methyl/N-ethyl adjacent to an activating group) is 1. The number of carbonyl (C=O) groups excluding carboxylic acids is 2. The van der Waals surface area contributed by atoms with Crippen LogP contribution >= 0.6 is 11.6 Å². The fourth-order valence-corrected chi connectivity index (χ4v) is 2.86. The maximum atomic E-state index is 12.4. The minimum absolute atomic E-state index is 0.118. The highest BCUT2D eigenvalue weighted by Crippen LogP contribution is 2.27. The number of hydrogen-bond acceptors (Lipinski definition) is 4. The fraction of sp³-hybridized carbons (Fsp3) is 0.333. The number of nitrogens with one attached hydrogen (secondary N) is 3. The van der Waals surface area contributed by atoms with Crippen LogP contribution in [0.2, 0.25) is 5.02 Å². The van der Waals surface area contributed by atoms with E-state index in [4.69, 9.17) is 21.1 Å². The lowest BCUT2D eigenvalue weighted by atomic mass is 10.2. The van der Waals surface area contributed by atoms with Gasteiger partial charge in [-0.2, -0.15) is 0 Å². The molecule has 1 unspecified atom stereocenters. The smallest absolute Gasteiger partial charge is 0.279 e. The Morgan fingerprint density at radius 3 is 2.41 bits per heavy atom. The first-order valence-electron chi connectivity index (χ1n) is 9.20.